The number of rotatable bonds is 10. The Morgan fingerprint density at radius 1 is 0.233 bits per heavy atom. The Labute approximate surface area is 842 Å². The van der Waals surface area contributed by atoms with Gasteiger partial charge in [-0.05, 0) is 300 Å². The monoisotopic (exact) mass is 1860 g/mol. The van der Waals surface area contributed by atoms with Gasteiger partial charge in [-0.15, -0.1) is 0 Å². The number of hydrogen-bond acceptors (Lipinski definition) is 4. The molecule has 0 bridgehead atoms. The molecule has 0 aliphatic carbocycles. The van der Waals surface area contributed by atoms with Crippen molar-refractivity contribution in [2.24, 2.45) is 0 Å². The third kappa shape index (κ3) is 14.7. The van der Waals surface area contributed by atoms with Crippen molar-refractivity contribution in [2.45, 2.75) is 33.1 Å². The van der Waals surface area contributed by atoms with Gasteiger partial charge in [0.25, 0.3) is 0 Å². The van der Waals surface area contributed by atoms with Crippen LogP contribution in [-0.4, -0.2) is 33.6 Å². The van der Waals surface area contributed by atoms with E-state index >= 15 is 0 Å². The summed E-state index contributed by atoms with van der Waals surface area (Å²) in [5.41, 5.74) is 32.0. The van der Waals surface area contributed by atoms with Crippen molar-refractivity contribution in [2.75, 3.05) is 0 Å². The molecule has 28 aromatic rings. The van der Waals surface area contributed by atoms with Gasteiger partial charge in [0.05, 0.1) is 80.8 Å². The molecule has 0 saturated carbocycles. The van der Waals surface area contributed by atoms with Crippen LogP contribution in [0.15, 0.2) is 461 Å². The molecule has 0 atom stereocenters. The van der Waals surface area contributed by atoms with Gasteiger partial charge in [0.1, 0.15) is 5.82 Å². The summed E-state index contributed by atoms with van der Waals surface area (Å²) >= 11 is 0. The lowest BCUT2D eigenvalue weighted by Crippen LogP contribution is -2.10. The Bertz CT molecular complexity index is 10400. The molecule has 10 heteroatoms. The molecule has 682 valence electrons. The summed E-state index contributed by atoms with van der Waals surface area (Å²) in [7, 11) is 0. The topological polar surface area (TPSA) is 79.4 Å². The van der Waals surface area contributed by atoms with E-state index in [9.17, 15) is 0 Å². The number of aryl methyl sites for hydroxylation is 1. The van der Waals surface area contributed by atoms with E-state index in [1.807, 2.05) is 97.3 Å². The number of pyridine rings is 4. The second kappa shape index (κ2) is 35.3. The first-order valence-corrected chi connectivity index (χ1v) is 49.3. The van der Waals surface area contributed by atoms with Crippen molar-refractivity contribution in [3.05, 3.63) is 507 Å². The first-order valence-electron chi connectivity index (χ1n) is 49.3. The molecule has 0 fully saturated rings. The molecule has 7 aromatic heterocycles. The summed E-state index contributed by atoms with van der Waals surface area (Å²) in [4.78, 5) is 31.4. The van der Waals surface area contributed by atoms with Crippen LogP contribution in [0.5, 0.6) is 0 Å². The van der Waals surface area contributed by atoms with Crippen LogP contribution in [0, 0.1) is 26.6 Å². The Balaban J connectivity index is 0.000000111. The van der Waals surface area contributed by atoms with E-state index < -0.39 is 0 Å². The zero-order valence-electron chi connectivity index (χ0n) is 80.4. The van der Waals surface area contributed by atoms with Crippen molar-refractivity contribution in [3.63, 3.8) is 0 Å². The fourth-order valence-electron chi connectivity index (χ4n) is 22.6. The molecule has 0 saturated heterocycles. The van der Waals surface area contributed by atoms with Gasteiger partial charge in [-0.25, -0.2) is 29.5 Å². The van der Waals surface area contributed by atoms with E-state index in [0.717, 1.165) is 166 Å². The maximum absolute atomic E-state index is 7.79. The predicted molar refractivity (Wildman–Crippen MR) is 611 cm³/mol. The standard InChI is InChI=1S/C47H28N4.C46H33N3.C43H27N3/c1-48-34-21-24-43-40(29-34)39-28-33(20-23-42(39)51(43)44-18-7-8-25-49-44)45-35-15-5-6-16-36(35)46(38-17-9-13-31-14-10-26-50-47(31)38)37-22-19-32(27-41(37)45)30-11-3-2-4-12-30;1-46(2,3)31-20-22-36-39(27-31)44(34-15-9-10-16-35(34)45(36)41-23-18-29-12-8-11-17-40(29)48-41)30-19-24-42-37(26-30)38-28-32(47-4)21-25-43(38)49(42)33-13-6-5-7-14-33;1-27-16-20-34-37(24-27)42(32-13-7-8-14-33(32)43(34)39-21-17-28-10-6-9-15-38(28)45-39)29-18-22-40-35(25-29)36-26-30(44-2)19-23-41(36)46(40)31-11-4-3-5-12-31/h2-29H;5-28H,1-3H3;3-26H,1H3. The van der Waals surface area contributed by atoms with Crippen LogP contribution in [0.1, 0.15) is 31.9 Å². The smallest absolute Gasteiger partial charge is 0.188 e. The average molecular weight is 1860 g/mol. The molecule has 28 rings (SSSR count). The first-order chi connectivity index (χ1) is 71.8. The number of aromatic nitrogens is 7. The van der Waals surface area contributed by atoms with Crippen LogP contribution in [0.3, 0.4) is 0 Å². The van der Waals surface area contributed by atoms with Crippen molar-refractivity contribution < 1.29 is 0 Å². The Hall–Kier alpha value is -19.6. The molecular formula is C136H88N10. The largest absolute Gasteiger partial charge is 0.309 e. The number of fused-ring (bicyclic) bond motifs is 18. The highest BCUT2D eigenvalue weighted by molar-refractivity contribution is 6.28. The zero-order valence-corrected chi connectivity index (χ0v) is 80.4. The quantitative estimate of drug-likeness (QED) is 0.101. The zero-order chi connectivity index (χ0) is 97.9. The Morgan fingerprint density at radius 2 is 0.596 bits per heavy atom. The summed E-state index contributed by atoms with van der Waals surface area (Å²) in [6, 6.07) is 159. The van der Waals surface area contributed by atoms with Gasteiger partial charge in [-0.2, -0.15) is 0 Å². The summed E-state index contributed by atoms with van der Waals surface area (Å²) < 4.78 is 6.81. The molecule has 0 spiro atoms. The van der Waals surface area contributed by atoms with Gasteiger partial charge in [-0.3, -0.25) is 9.55 Å². The van der Waals surface area contributed by atoms with Crippen molar-refractivity contribution >= 4 is 180 Å². The van der Waals surface area contributed by atoms with Crippen LogP contribution in [0.25, 0.3) is 273 Å². The number of nitrogens with zero attached hydrogens (tertiary/aromatic N) is 10. The van der Waals surface area contributed by atoms with E-state index in [4.69, 9.17) is 39.7 Å². The van der Waals surface area contributed by atoms with Crippen molar-refractivity contribution in [1.29, 1.82) is 0 Å². The second-order valence-corrected chi connectivity index (χ2v) is 38.7. The van der Waals surface area contributed by atoms with Gasteiger partial charge in [0.15, 0.2) is 17.1 Å². The fourth-order valence-corrected chi connectivity index (χ4v) is 22.6. The molecule has 0 amide bonds. The van der Waals surface area contributed by atoms with Crippen LogP contribution in [-0.2, 0) is 5.41 Å². The van der Waals surface area contributed by atoms with Crippen molar-refractivity contribution in [3.8, 4) is 95.3 Å². The average Bonchev–Trinajstić information content (AvgIpc) is 1.47. The molecular weight excluding hydrogens is 1770 g/mol. The lowest BCUT2D eigenvalue weighted by molar-refractivity contribution is 0.591. The van der Waals surface area contributed by atoms with Gasteiger partial charge < -0.3 is 9.13 Å². The van der Waals surface area contributed by atoms with Gasteiger partial charge in [0.2, 0.25) is 0 Å². The molecule has 10 nitrogen and oxygen atoms in total. The second-order valence-electron chi connectivity index (χ2n) is 38.7. The number of benzene rings is 21. The van der Waals surface area contributed by atoms with Crippen molar-refractivity contribution in [1.82, 2.24) is 33.6 Å². The predicted octanol–water partition coefficient (Wildman–Crippen LogP) is 37.2. The summed E-state index contributed by atoms with van der Waals surface area (Å²) in [6.07, 6.45) is 3.71. The van der Waals surface area contributed by atoms with Gasteiger partial charge >= 0.3 is 0 Å². The van der Waals surface area contributed by atoms with Gasteiger partial charge in [-0.1, -0.05) is 324 Å². The highest BCUT2D eigenvalue weighted by Crippen LogP contribution is 2.53. The third-order valence-corrected chi connectivity index (χ3v) is 29.2. The normalized spacial score (nSPS) is 11.7. The van der Waals surface area contributed by atoms with E-state index in [1.165, 1.54) is 104 Å². The van der Waals surface area contributed by atoms with Crippen LogP contribution in [0.2, 0.25) is 0 Å². The summed E-state index contributed by atoms with van der Waals surface area (Å²) in [6.45, 7) is 32.3. The maximum Gasteiger partial charge on any atom is 0.188 e. The Morgan fingerprint density at radius 3 is 1.08 bits per heavy atom. The minimum Gasteiger partial charge on any atom is -0.309 e. The lowest BCUT2D eigenvalue weighted by atomic mass is 9.81. The van der Waals surface area contributed by atoms with E-state index in [-0.39, 0.29) is 5.41 Å². The SMILES string of the molecule is [C-]#[N+]c1ccc2c(c1)c1cc(-c3c4ccccc4c(-c4ccc5ccccc5n4)c4ccc(C(C)(C)C)cc34)ccc1n2-c1ccccc1.[C-]#[N+]c1ccc2c(c1)c1cc(-c3c4ccccc4c(-c4ccc5ccccc5n4)c4ccc(C)cc34)ccc1n2-c1ccccc1.[C-]#[N+]c1ccc2c(c1)c1cc(-c3c4ccccc4c(-c4cccc5cccnc45)c4ccc(-c5ccccc5)cc34)ccc1n2-c1ccccn1. The minimum absolute atomic E-state index is 0.0261. The maximum atomic E-state index is 7.79. The molecule has 0 N–H and O–H groups in total. The number of para-hydroxylation sites is 5. The first kappa shape index (κ1) is 86.7. The Kier molecular flexibility index (Phi) is 21.0. The lowest BCUT2D eigenvalue weighted by Gasteiger charge is -2.23. The molecule has 0 radical (unpaired) electrons. The van der Waals surface area contributed by atoms with Gasteiger partial charge in [0, 0.05) is 72.8 Å². The third-order valence-electron chi connectivity index (χ3n) is 29.2. The highest BCUT2D eigenvalue weighted by atomic mass is 15.1. The molecule has 0 aliphatic heterocycles. The molecule has 7 heterocycles. The minimum atomic E-state index is -0.0261. The van der Waals surface area contributed by atoms with Crippen LogP contribution in [0.4, 0.5) is 17.1 Å². The van der Waals surface area contributed by atoms with E-state index in [2.05, 4.69) is 420 Å². The summed E-state index contributed by atoms with van der Waals surface area (Å²) in [5, 5.41) is 24.2. The van der Waals surface area contributed by atoms with Crippen LogP contribution >= 0.6 is 0 Å². The van der Waals surface area contributed by atoms with E-state index in [1.54, 1.807) is 0 Å². The molecule has 146 heavy (non-hydrogen) atoms. The number of hydrogen-bond donors (Lipinski definition) is 0. The highest BCUT2D eigenvalue weighted by Gasteiger charge is 2.28. The van der Waals surface area contributed by atoms with E-state index in [0.29, 0.717) is 17.1 Å². The fraction of sp³-hybridized carbons (Fsp3) is 0.0368. The van der Waals surface area contributed by atoms with Crippen LogP contribution < -0.4 is 0 Å². The molecule has 0 unspecified atom stereocenters. The molecule has 21 aromatic carbocycles. The molecule has 0 aliphatic rings. The summed E-state index contributed by atoms with van der Waals surface area (Å²) in [5.74, 6) is 0.845.